The van der Waals surface area contributed by atoms with Crippen LogP contribution in [0.4, 0.5) is 0 Å². The van der Waals surface area contributed by atoms with Crippen molar-refractivity contribution in [1.82, 2.24) is 0 Å². The summed E-state index contributed by atoms with van der Waals surface area (Å²) in [5.41, 5.74) is -0.496. The van der Waals surface area contributed by atoms with E-state index in [2.05, 4.69) is 0 Å². The van der Waals surface area contributed by atoms with Gasteiger partial charge in [0.2, 0.25) is 0 Å². The Morgan fingerprint density at radius 1 is 0.980 bits per heavy atom. The van der Waals surface area contributed by atoms with Gasteiger partial charge in [0.15, 0.2) is 17.5 Å². The van der Waals surface area contributed by atoms with Gasteiger partial charge in [0.05, 0.1) is 35.6 Å². The van der Waals surface area contributed by atoms with E-state index in [-0.39, 0.29) is 29.7 Å². The van der Waals surface area contributed by atoms with E-state index in [1.54, 1.807) is 62.4 Å². The second-order valence-electron chi connectivity index (χ2n) is 15.0. The Balaban J connectivity index is 1.53. The molecule has 1 saturated heterocycles. The van der Waals surface area contributed by atoms with Crippen molar-refractivity contribution in [3.05, 3.63) is 82.9 Å². The number of carbonyl (C=O) groups is 4. The van der Waals surface area contributed by atoms with Crippen molar-refractivity contribution in [2.24, 2.45) is 22.5 Å². The van der Waals surface area contributed by atoms with Crippen LogP contribution in [0.25, 0.3) is 0 Å². The maximum atomic E-state index is 14.8. The van der Waals surface area contributed by atoms with Crippen LogP contribution >= 0.6 is 0 Å². The highest BCUT2D eigenvalue weighted by Crippen LogP contribution is 2.64. The number of nitrogens with two attached hydrogens (primary N) is 1. The smallest absolute Gasteiger partial charge is 0.338 e. The van der Waals surface area contributed by atoms with Gasteiger partial charge in [-0.25, -0.2) is 9.59 Å². The molecule has 6 unspecified atom stereocenters. The number of ether oxygens (including phenoxy) is 4. The fraction of sp³-hybridized carbons (Fsp3) is 0.526. The summed E-state index contributed by atoms with van der Waals surface area (Å²) in [7, 11) is 0. The van der Waals surface area contributed by atoms with Crippen LogP contribution in [0.15, 0.2) is 71.8 Å². The van der Waals surface area contributed by atoms with Gasteiger partial charge in [-0.3, -0.25) is 9.59 Å². The summed E-state index contributed by atoms with van der Waals surface area (Å²) in [5.74, 6) is -5.10. The zero-order valence-electron chi connectivity index (χ0n) is 29.1. The second kappa shape index (κ2) is 12.9. The molecule has 274 valence electrons. The minimum Gasteiger partial charge on any atom is -0.456 e. The van der Waals surface area contributed by atoms with Crippen LogP contribution < -0.4 is 5.73 Å². The maximum absolute atomic E-state index is 14.8. The number of hydrogen-bond acceptors (Lipinski definition) is 13. The first-order valence-electron chi connectivity index (χ1n) is 17.0. The van der Waals surface area contributed by atoms with Crippen molar-refractivity contribution in [2.75, 3.05) is 6.61 Å². The molecule has 2 bridgehead atoms. The van der Waals surface area contributed by atoms with Crippen LogP contribution in [-0.2, 0) is 33.3 Å². The molecule has 6 rings (SSSR count). The number of aliphatic hydroxyl groups excluding tert-OH is 3. The predicted molar refractivity (Wildman–Crippen MR) is 178 cm³/mol. The van der Waals surface area contributed by atoms with Crippen LogP contribution in [-0.4, -0.2) is 98.6 Å². The molecule has 0 aromatic heterocycles. The first-order valence-corrected chi connectivity index (χ1v) is 17.0. The minimum absolute atomic E-state index is 0.0120. The Bertz CT molecular complexity index is 1750. The highest BCUT2D eigenvalue weighted by atomic mass is 16.6. The van der Waals surface area contributed by atoms with Gasteiger partial charge in [-0.05, 0) is 42.7 Å². The summed E-state index contributed by atoms with van der Waals surface area (Å²) in [6, 6.07) is 15.2. The Morgan fingerprint density at radius 2 is 1.59 bits per heavy atom. The SMILES string of the molecule is CC(=O)OC12CO[C@@H]1CC(O)C1(C)C(=O)C(O)C3=C(C)C(OC(=O)[C@H](O)[C@@H](N)c4ccccc4)CC(O)([C@@H](OC(=O)c4ccccc4)[C@@H]12)C3(C)C. The molecule has 11 atom stereocenters. The molecule has 0 radical (unpaired) electrons. The number of Topliss-reactive ketones (excluding diaryl/α,β-unsaturated/α-hetero) is 1. The lowest BCUT2D eigenvalue weighted by Crippen LogP contribution is -2.81. The number of carbonyl (C=O) groups excluding carboxylic acids is 4. The van der Waals surface area contributed by atoms with E-state index in [0.29, 0.717) is 5.56 Å². The number of aliphatic hydroxyl groups is 4. The summed E-state index contributed by atoms with van der Waals surface area (Å²) < 4.78 is 23.9. The highest BCUT2D eigenvalue weighted by molar-refractivity contribution is 5.94. The lowest BCUT2D eigenvalue weighted by Gasteiger charge is -2.67. The summed E-state index contributed by atoms with van der Waals surface area (Å²) in [5, 5.41) is 48.0. The molecular formula is C38H45NO12. The molecule has 3 aliphatic carbocycles. The zero-order valence-corrected chi connectivity index (χ0v) is 29.1. The van der Waals surface area contributed by atoms with Crippen molar-refractivity contribution < 1.29 is 58.6 Å². The van der Waals surface area contributed by atoms with Gasteiger partial charge in [-0.1, -0.05) is 62.4 Å². The van der Waals surface area contributed by atoms with E-state index in [0.717, 1.165) is 0 Å². The lowest BCUT2D eigenvalue weighted by molar-refractivity contribution is -0.346. The van der Waals surface area contributed by atoms with Gasteiger partial charge in [0.25, 0.3) is 0 Å². The first-order chi connectivity index (χ1) is 23.9. The number of benzene rings is 2. The molecule has 3 fully saturated rings. The van der Waals surface area contributed by atoms with E-state index in [9.17, 15) is 39.6 Å². The van der Waals surface area contributed by atoms with Crippen LogP contribution in [0.3, 0.4) is 0 Å². The van der Waals surface area contributed by atoms with Crippen molar-refractivity contribution in [1.29, 1.82) is 0 Å². The fourth-order valence-corrected chi connectivity index (χ4v) is 8.99. The normalized spacial score (nSPS) is 36.5. The molecule has 51 heavy (non-hydrogen) atoms. The van der Waals surface area contributed by atoms with Gasteiger partial charge in [-0.15, -0.1) is 0 Å². The second-order valence-corrected chi connectivity index (χ2v) is 15.0. The maximum Gasteiger partial charge on any atom is 0.338 e. The van der Waals surface area contributed by atoms with Crippen molar-refractivity contribution in [3.8, 4) is 0 Å². The molecule has 1 heterocycles. The van der Waals surface area contributed by atoms with Gasteiger partial charge >= 0.3 is 17.9 Å². The Morgan fingerprint density at radius 3 is 2.16 bits per heavy atom. The first kappa shape index (κ1) is 36.8. The summed E-state index contributed by atoms with van der Waals surface area (Å²) in [6.07, 6.45) is -9.94. The van der Waals surface area contributed by atoms with Gasteiger partial charge in [0.1, 0.15) is 30.0 Å². The number of hydrogen-bond donors (Lipinski definition) is 5. The van der Waals surface area contributed by atoms with Gasteiger partial charge in [0, 0.05) is 25.2 Å². The summed E-state index contributed by atoms with van der Waals surface area (Å²) in [4.78, 5) is 55.0. The molecule has 4 aliphatic rings. The number of rotatable bonds is 7. The molecule has 13 heteroatoms. The Kier molecular flexibility index (Phi) is 9.31. The molecular weight excluding hydrogens is 662 g/mol. The molecule has 0 spiro atoms. The zero-order chi connectivity index (χ0) is 37.3. The van der Waals surface area contributed by atoms with Crippen molar-refractivity contribution in [2.45, 2.75) is 101 Å². The third-order valence-corrected chi connectivity index (χ3v) is 11.9. The third-order valence-electron chi connectivity index (χ3n) is 11.9. The van der Waals surface area contributed by atoms with Gasteiger partial charge < -0.3 is 45.1 Å². The van der Waals surface area contributed by atoms with Crippen LogP contribution in [0.5, 0.6) is 0 Å². The Hall–Kier alpha value is -3.98. The quantitative estimate of drug-likeness (QED) is 0.158. The third kappa shape index (κ3) is 5.53. The minimum atomic E-state index is -2.28. The van der Waals surface area contributed by atoms with Crippen LogP contribution in [0, 0.1) is 16.7 Å². The monoisotopic (exact) mass is 707 g/mol. The Labute approximate surface area is 295 Å². The van der Waals surface area contributed by atoms with Gasteiger partial charge in [-0.2, -0.15) is 0 Å². The molecule has 6 N–H and O–H groups in total. The average Bonchev–Trinajstić information content (AvgIpc) is 3.09. The van der Waals surface area contributed by atoms with Crippen LogP contribution in [0.1, 0.15) is 69.4 Å². The summed E-state index contributed by atoms with van der Waals surface area (Å²) >= 11 is 0. The summed E-state index contributed by atoms with van der Waals surface area (Å²) in [6.45, 7) is 6.99. The molecule has 1 aliphatic heterocycles. The topological polar surface area (TPSA) is 212 Å². The fourth-order valence-electron chi connectivity index (χ4n) is 8.99. The van der Waals surface area contributed by atoms with Crippen molar-refractivity contribution >= 4 is 23.7 Å². The molecule has 2 saturated carbocycles. The number of ketones is 1. The number of esters is 3. The lowest BCUT2D eigenvalue weighted by atomic mass is 9.44. The highest BCUT2D eigenvalue weighted by Gasteiger charge is 2.78. The van der Waals surface area contributed by atoms with Crippen molar-refractivity contribution in [3.63, 3.8) is 0 Å². The molecule has 0 amide bonds. The largest absolute Gasteiger partial charge is 0.456 e. The predicted octanol–water partition coefficient (Wildman–Crippen LogP) is 1.69. The van der Waals surface area contributed by atoms with E-state index >= 15 is 0 Å². The average molecular weight is 708 g/mol. The number of fused-ring (bicyclic) bond motifs is 5. The molecule has 2 aromatic rings. The van der Waals surface area contributed by atoms with E-state index in [1.165, 1.54) is 32.9 Å². The van der Waals surface area contributed by atoms with E-state index in [4.69, 9.17) is 24.7 Å². The van der Waals surface area contributed by atoms with E-state index < -0.39 is 101 Å². The molecule has 2 aromatic carbocycles. The van der Waals surface area contributed by atoms with Crippen LogP contribution in [0.2, 0.25) is 0 Å². The molecule has 13 nitrogen and oxygen atoms in total. The standard InChI is InChI=1S/C38H45NO12/c1-19-23(49-34(46)29(43)27(39)21-12-8-6-9-13-21)17-38(47)32(50-33(45)22-14-10-7-11-15-22)30-36(5,31(44)28(42)26(19)35(38,3)4)24(41)16-25-37(30,18-48-25)51-20(2)40/h6-15,23-25,27-30,32,41-43,47H,16-18,39H2,1-5H3/t23?,24?,25-,27+,28?,29-,30+,32+,36?,37?,38?/m1/s1. The van der Waals surface area contributed by atoms with E-state index in [1.807, 2.05) is 0 Å².